The number of hydrogen-bond donors (Lipinski definition) is 0. The number of anilines is 1. The molecule has 2 atom stereocenters. The van der Waals surface area contributed by atoms with Crippen LogP contribution in [0.4, 0.5) is 5.88 Å². The average molecular weight is 491 g/mol. The number of oxazole rings is 1. The molecule has 1 aromatic heterocycles. The molecule has 0 spiro atoms. The van der Waals surface area contributed by atoms with Gasteiger partial charge in [-0.3, -0.25) is 0 Å². The van der Waals surface area contributed by atoms with Gasteiger partial charge in [0.2, 0.25) is 26.6 Å². The lowest BCUT2D eigenvalue weighted by Crippen LogP contribution is -2.45. The lowest BCUT2D eigenvalue weighted by atomic mass is 10.1. The monoisotopic (exact) mass is 490 g/mol. The number of morpholine rings is 1. The van der Waals surface area contributed by atoms with E-state index in [2.05, 4.69) is 20.9 Å². The fraction of sp³-hybridized carbons (Fsp3) is 0.318. The quantitative estimate of drug-likeness (QED) is 0.519. The standard InChI is InChI=1S/C22H23BrN2O4S/c1-14-5-4-6-17(11-14)20-24-21(30(26,27)19-9-7-18(23)8-10-19)22(29-20)25-12-15(2)28-16(3)13-25/h4-11,15-16H,12-13H2,1-3H3. The maximum absolute atomic E-state index is 13.5. The van der Waals surface area contributed by atoms with Gasteiger partial charge in [0.1, 0.15) is 0 Å². The number of rotatable bonds is 4. The summed E-state index contributed by atoms with van der Waals surface area (Å²) in [6, 6.07) is 14.2. The van der Waals surface area contributed by atoms with E-state index >= 15 is 0 Å². The van der Waals surface area contributed by atoms with Gasteiger partial charge in [0, 0.05) is 23.1 Å². The predicted molar refractivity (Wildman–Crippen MR) is 118 cm³/mol. The van der Waals surface area contributed by atoms with Crippen LogP contribution in [0.5, 0.6) is 0 Å². The summed E-state index contributed by atoms with van der Waals surface area (Å²) in [6.45, 7) is 6.94. The van der Waals surface area contributed by atoms with E-state index in [1.54, 1.807) is 24.3 Å². The minimum absolute atomic E-state index is 0.0514. The maximum Gasteiger partial charge on any atom is 0.236 e. The molecule has 0 N–H and O–H groups in total. The van der Waals surface area contributed by atoms with Crippen LogP contribution in [0.3, 0.4) is 0 Å². The molecule has 158 valence electrons. The number of benzene rings is 2. The van der Waals surface area contributed by atoms with Crippen LogP contribution < -0.4 is 4.90 Å². The van der Waals surface area contributed by atoms with Gasteiger partial charge in [-0.2, -0.15) is 4.98 Å². The molecule has 4 rings (SSSR count). The Labute approximate surface area is 184 Å². The average Bonchev–Trinajstić information content (AvgIpc) is 3.14. The van der Waals surface area contributed by atoms with Gasteiger partial charge in [-0.25, -0.2) is 8.42 Å². The first kappa shape index (κ1) is 21.1. The first-order valence-electron chi connectivity index (χ1n) is 9.73. The van der Waals surface area contributed by atoms with Crippen molar-refractivity contribution in [3.8, 4) is 11.5 Å². The zero-order chi connectivity index (χ0) is 21.5. The van der Waals surface area contributed by atoms with E-state index in [4.69, 9.17) is 9.15 Å². The van der Waals surface area contributed by atoms with Crippen molar-refractivity contribution in [1.82, 2.24) is 4.98 Å². The lowest BCUT2D eigenvalue weighted by molar-refractivity contribution is -0.00657. The molecule has 0 radical (unpaired) electrons. The summed E-state index contributed by atoms with van der Waals surface area (Å²) in [7, 11) is -3.88. The molecule has 8 heteroatoms. The van der Waals surface area contributed by atoms with Crippen molar-refractivity contribution >= 4 is 31.7 Å². The van der Waals surface area contributed by atoms with Crippen molar-refractivity contribution in [3.63, 3.8) is 0 Å². The molecule has 6 nitrogen and oxygen atoms in total. The molecular formula is C22H23BrN2O4S. The molecule has 0 bridgehead atoms. The van der Waals surface area contributed by atoms with Crippen LogP contribution in [0.2, 0.25) is 0 Å². The van der Waals surface area contributed by atoms with Crippen molar-refractivity contribution < 1.29 is 17.6 Å². The van der Waals surface area contributed by atoms with E-state index < -0.39 is 9.84 Å². The molecule has 1 aliphatic rings. The summed E-state index contributed by atoms with van der Waals surface area (Å²) < 4.78 is 39.7. The van der Waals surface area contributed by atoms with Crippen molar-refractivity contribution in [1.29, 1.82) is 0 Å². The first-order chi connectivity index (χ1) is 14.2. The van der Waals surface area contributed by atoms with Crippen molar-refractivity contribution in [3.05, 3.63) is 58.6 Å². The Balaban J connectivity index is 1.86. The molecule has 1 aliphatic heterocycles. The fourth-order valence-electron chi connectivity index (χ4n) is 3.64. The summed E-state index contributed by atoms with van der Waals surface area (Å²) >= 11 is 3.35. The molecular weight excluding hydrogens is 468 g/mol. The zero-order valence-corrected chi connectivity index (χ0v) is 19.4. The molecule has 1 saturated heterocycles. The van der Waals surface area contributed by atoms with Crippen molar-refractivity contribution in [2.45, 2.75) is 42.9 Å². The summed E-state index contributed by atoms with van der Waals surface area (Å²) in [5, 5.41) is -0.0670. The molecule has 0 amide bonds. The van der Waals surface area contributed by atoms with Gasteiger partial charge < -0.3 is 14.1 Å². The van der Waals surface area contributed by atoms with Gasteiger partial charge in [0.25, 0.3) is 0 Å². The molecule has 0 aliphatic carbocycles. The van der Waals surface area contributed by atoms with Gasteiger partial charge in [-0.15, -0.1) is 0 Å². The van der Waals surface area contributed by atoms with E-state index in [1.165, 1.54) is 0 Å². The second-order valence-electron chi connectivity index (χ2n) is 7.62. The van der Waals surface area contributed by atoms with E-state index in [-0.39, 0.29) is 33.9 Å². The molecule has 2 heterocycles. The van der Waals surface area contributed by atoms with Crippen LogP contribution in [0, 0.1) is 6.92 Å². The van der Waals surface area contributed by atoms with Crippen LogP contribution >= 0.6 is 15.9 Å². The Bertz CT molecular complexity index is 1150. The molecule has 2 unspecified atom stereocenters. The van der Waals surface area contributed by atoms with Crippen LogP contribution in [-0.2, 0) is 14.6 Å². The van der Waals surface area contributed by atoms with Crippen LogP contribution in [0.1, 0.15) is 19.4 Å². The van der Waals surface area contributed by atoms with Gasteiger partial charge in [0.15, 0.2) is 0 Å². The Kier molecular flexibility index (Phi) is 5.74. The second-order valence-corrected chi connectivity index (χ2v) is 10.4. The summed E-state index contributed by atoms with van der Waals surface area (Å²) in [5.41, 5.74) is 1.78. The molecule has 30 heavy (non-hydrogen) atoms. The van der Waals surface area contributed by atoms with Gasteiger partial charge in [0.05, 0.1) is 17.1 Å². The summed E-state index contributed by atoms with van der Waals surface area (Å²) in [5.74, 6) is 0.549. The Morgan fingerprint density at radius 2 is 1.73 bits per heavy atom. The highest BCUT2D eigenvalue weighted by Gasteiger charge is 2.34. The van der Waals surface area contributed by atoms with Crippen LogP contribution in [-0.4, -0.2) is 38.7 Å². The third-order valence-electron chi connectivity index (χ3n) is 4.93. The van der Waals surface area contributed by atoms with Crippen LogP contribution in [0.25, 0.3) is 11.5 Å². The third-order valence-corrected chi connectivity index (χ3v) is 7.13. The minimum Gasteiger partial charge on any atom is -0.419 e. The first-order valence-corrected chi connectivity index (χ1v) is 12.0. The number of ether oxygens (including phenoxy) is 1. The number of aryl methyl sites for hydroxylation is 1. The van der Waals surface area contributed by atoms with Crippen molar-refractivity contribution in [2.75, 3.05) is 18.0 Å². The minimum atomic E-state index is -3.88. The second kappa shape index (κ2) is 8.17. The summed E-state index contributed by atoms with van der Waals surface area (Å²) in [4.78, 5) is 6.55. The highest BCUT2D eigenvalue weighted by molar-refractivity contribution is 9.10. The van der Waals surface area contributed by atoms with E-state index in [1.807, 2.05) is 49.9 Å². The zero-order valence-electron chi connectivity index (χ0n) is 17.0. The normalized spacial score (nSPS) is 19.8. The highest BCUT2D eigenvalue weighted by atomic mass is 79.9. The Morgan fingerprint density at radius 3 is 2.37 bits per heavy atom. The maximum atomic E-state index is 13.5. The number of halogens is 1. The topological polar surface area (TPSA) is 72.6 Å². The molecule has 1 fully saturated rings. The lowest BCUT2D eigenvalue weighted by Gasteiger charge is -2.35. The van der Waals surface area contributed by atoms with Gasteiger partial charge >= 0.3 is 0 Å². The highest BCUT2D eigenvalue weighted by Crippen LogP contribution is 2.36. The third kappa shape index (κ3) is 4.17. The summed E-state index contributed by atoms with van der Waals surface area (Å²) in [6.07, 6.45) is -0.103. The van der Waals surface area contributed by atoms with E-state index in [0.29, 0.717) is 13.1 Å². The number of nitrogens with zero attached hydrogens (tertiary/aromatic N) is 2. The smallest absolute Gasteiger partial charge is 0.236 e. The van der Waals surface area contributed by atoms with Gasteiger partial charge in [-0.05, 0) is 57.2 Å². The van der Waals surface area contributed by atoms with Gasteiger partial charge in [-0.1, -0.05) is 33.6 Å². The Hall–Kier alpha value is -2.16. The number of hydrogen-bond acceptors (Lipinski definition) is 6. The molecule has 2 aromatic carbocycles. The van der Waals surface area contributed by atoms with Crippen molar-refractivity contribution in [2.24, 2.45) is 0 Å². The predicted octanol–water partition coefficient (Wildman–Crippen LogP) is 4.86. The number of aromatic nitrogens is 1. The van der Waals surface area contributed by atoms with E-state index in [0.717, 1.165) is 15.6 Å². The SMILES string of the molecule is Cc1cccc(-c2nc(S(=O)(=O)c3ccc(Br)cc3)c(N3CC(C)OC(C)C3)o2)c1. The largest absolute Gasteiger partial charge is 0.419 e. The molecule has 3 aromatic rings. The number of sulfone groups is 1. The van der Waals surface area contributed by atoms with Crippen LogP contribution in [0.15, 0.2) is 67.3 Å². The van der Waals surface area contributed by atoms with E-state index in [9.17, 15) is 8.42 Å². The Morgan fingerprint density at radius 1 is 1.07 bits per heavy atom. The molecule has 0 saturated carbocycles. The fourth-order valence-corrected chi connectivity index (χ4v) is 5.23.